The van der Waals surface area contributed by atoms with Crippen LogP contribution >= 0.6 is 11.6 Å². The van der Waals surface area contributed by atoms with E-state index >= 15 is 0 Å². The van der Waals surface area contributed by atoms with Gasteiger partial charge in [-0.1, -0.05) is 25.4 Å². The second-order valence-electron chi connectivity index (χ2n) is 7.41. The van der Waals surface area contributed by atoms with Crippen LogP contribution in [0.15, 0.2) is 60.9 Å². The van der Waals surface area contributed by atoms with Gasteiger partial charge in [-0.3, -0.25) is 9.59 Å². The minimum absolute atomic E-state index is 0.0843. The molecule has 2 aromatic carbocycles. The third kappa shape index (κ3) is 5.86. The summed E-state index contributed by atoms with van der Waals surface area (Å²) in [6.45, 7) is 4.07. The van der Waals surface area contributed by atoms with Gasteiger partial charge in [0.05, 0.1) is 19.0 Å². The smallest absolute Gasteiger partial charge is 0.251 e. The Balaban J connectivity index is 1.60. The maximum Gasteiger partial charge on any atom is 0.251 e. The average Bonchev–Trinajstić information content (AvgIpc) is 3.25. The van der Waals surface area contributed by atoms with Gasteiger partial charge in [0.2, 0.25) is 5.91 Å². The number of hydrogen-bond acceptors (Lipinski definition) is 4. The van der Waals surface area contributed by atoms with Crippen molar-refractivity contribution in [2.75, 3.05) is 7.11 Å². The molecular formula is C23H25ClN4O3. The third-order valence-corrected chi connectivity index (χ3v) is 5.03. The van der Waals surface area contributed by atoms with Crippen molar-refractivity contribution in [1.82, 2.24) is 20.4 Å². The minimum Gasteiger partial charge on any atom is -0.497 e. The van der Waals surface area contributed by atoms with Crippen LogP contribution in [0.4, 0.5) is 0 Å². The number of nitrogens with zero attached hydrogens (tertiary/aromatic N) is 2. The number of hydrogen-bond donors (Lipinski definition) is 2. The SMILES string of the molecule is COc1ccc(C(=O)NC(C(=O)NCc2cnn(-c3ccc(Cl)cc3)c2)C(C)C)cc1. The van der Waals surface area contributed by atoms with Crippen molar-refractivity contribution >= 4 is 23.4 Å². The van der Waals surface area contributed by atoms with Crippen molar-refractivity contribution in [3.63, 3.8) is 0 Å². The third-order valence-electron chi connectivity index (χ3n) is 4.78. The van der Waals surface area contributed by atoms with Crippen molar-refractivity contribution in [3.05, 3.63) is 77.1 Å². The Morgan fingerprint density at radius 3 is 2.39 bits per heavy atom. The summed E-state index contributed by atoms with van der Waals surface area (Å²) in [6, 6.07) is 13.4. The van der Waals surface area contributed by atoms with Crippen LogP contribution in [0.25, 0.3) is 5.69 Å². The second kappa shape index (κ2) is 10.1. The Morgan fingerprint density at radius 2 is 1.77 bits per heavy atom. The number of methoxy groups -OCH3 is 1. The van der Waals surface area contributed by atoms with Gasteiger partial charge in [0.15, 0.2) is 0 Å². The first-order valence-corrected chi connectivity index (χ1v) is 10.3. The molecule has 0 fully saturated rings. The molecule has 162 valence electrons. The van der Waals surface area contributed by atoms with E-state index in [1.807, 2.05) is 32.2 Å². The Labute approximate surface area is 186 Å². The molecule has 2 N–H and O–H groups in total. The molecule has 2 amide bonds. The van der Waals surface area contributed by atoms with E-state index in [1.54, 1.807) is 54.4 Å². The molecule has 0 bridgehead atoms. The van der Waals surface area contributed by atoms with Crippen LogP contribution in [0.2, 0.25) is 5.02 Å². The molecule has 31 heavy (non-hydrogen) atoms. The summed E-state index contributed by atoms with van der Waals surface area (Å²) in [5.74, 6) is 0.0102. The second-order valence-corrected chi connectivity index (χ2v) is 7.85. The molecule has 0 aliphatic heterocycles. The first kappa shape index (κ1) is 22.4. The zero-order valence-electron chi connectivity index (χ0n) is 17.6. The molecule has 1 aromatic heterocycles. The summed E-state index contributed by atoms with van der Waals surface area (Å²) in [7, 11) is 1.56. The molecule has 0 spiro atoms. The van der Waals surface area contributed by atoms with Gasteiger partial charge in [-0.05, 0) is 54.4 Å². The number of amides is 2. The van der Waals surface area contributed by atoms with Crippen LogP contribution < -0.4 is 15.4 Å². The highest BCUT2D eigenvalue weighted by atomic mass is 35.5. The topological polar surface area (TPSA) is 85.2 Å². The molecule has 1 unspecified atom stereocenters. The fraction of sp³-hybridized carbons (Fsp3) is 0.261. The lowest BCUT2D eigenvalue weighted by Crippen LogP contribution is -2.49. The molecule has 0 saturated carbocycles. The summed E-state index contributed by atoms with van der Waals surface area (Å²) in [4.78, 5) is 25.3. The maximum absolute atomic E-state index is 12.8. The predicted octanol–water partition coefficient (Wildman–Crippen LogP) is 3.61. The van der Waals surface area contributed by atoms with Gasteiger partial charge in [0.25, 0.3) is 5.91 Å². The fourth-order valence-electron chi connectivity index (χ4n) is 2.99. The van der Waals surface area contributed by atoms with Gasteiger partial charge in [0, 0.05) is 28.9 Å². The maximum atomic E-state index is 12.8. The van der Waals surface area contributed by atoms with Gasteiger partial charge in [-0.2, -0.15) is 5.10 Å². The number of benzene rings is 2. The largest absolute Gasteiger partial charge is 0.497 e. The molecular weight excluding hydrogens is 416 g/mol. The summed E-state index contributed by atoms with van der Waals surface area (Å²) >= 11 is 5.92. The van der Waals surface area contributed by atoms with Gasteiger partial charge in [-0.15, -0.1) is 0 Å². The number of carbonyl (C=O) groups excluding carboxylic acids is 2. The molecule has 1 atom stereocenters. The quantitative estimate of drug-likeness (QED) is 0.560. The Hall–Kier alpha value is -3.32. The van der Waals surface area contributed by atoms with E-state index in [1.165, 1.54) is 0 Å². The van der Waals surface area contributed by atoms with Crippen LogP contribution in [0.5, 0.6) is 5.75 Å². The highest BCUT2D eigenvalue weighted by Crippen LogP contribution is 2.14. The first-order chi connectivity index (χ1) is 14.9. The number of halogens is 1. The Kier molecular flexibility index (Phi) is 7.31. The molecule has 8 heteroatoms. The van der Waals surface area contributed by atoms with Gasteiger partial charge in [0.1, 0.15) is 11.8 Å². The molecule has 0 aliphatic rings. The standard InChI is InChI=1S/C23H25ClN4O3/c1-15(2)21(27-22(29)17-4-10-20(31-3)11-5-17)23(30)25-12-16-13-26-28(14-16)19-8-6-18(24)7-9-19/h4-11,13-15,21H,12H2,1-3H3,(H,25,30)(H,27,29). The average molecular weight is 441 g/mol. The van der Waals surface area contributed by atoms with Crippen LogP contribution in [-0.2, 0) is 11.3 Å². The molecule has 0 saturated heterocycles. The van der Waals surface area contributed by atoms with E-state index in [9.17, 15) is 9.59 Å². The molecule has 0 aliphatic carbocycles. The molecule has 1 heterocycles. The molecule has 0 radical (unpaired) electrons. The van der Waals surface area contributed by atoms with Crippen LogP contribution in [0.3, 0.4) is 0 Å². The summed E-state index contributed by atoms with van der Waals surface area (Å²) < 4.78 is 6.82. The lowest BCUT2D eigenvalue weighted by atomic mass is 10.0. The highest BCUT2D eigenvalue weighted by molar-refractivity contribution is 6.30. The normalized spacial score (nSPS) is 11.8. The van der Waals surface area contributed by atoms with Crippen molar-refractivity contribution in [3.8, 4) is 11.4 Å². The summed E-state index contributed by atoms with van der Waals surface area (Å²) in [5.41, 5.74) is 2.17. The van der Waals surface area contributed by atoms with Gasteiger partial charge >= 0.3 is 0 Å². The van der Waals surface area contributed by atoms with Crippen molar-refractivity contribution in [2.24, 2.45) is 5.92 Å². The van der Waals surface area contributed by atoms with Crippen molar-refractivity contribution < 1.29 is 14.3 Å². The number of aromatic nitrogens is 2. The van der Waals surface area contributed by atoms with Crippen LogP contribution in [-0.4, -0.2) is 34.7 Å². The van der Waals surface area contributed by atoms with E-state index in [4.69, 9.17) is 16.3 Å². The highest BCUT2D eigenvalue weighted by Gasteiger charge is 2.24. The number of ether oxygens (including phenoxy) is 1. The van der Waals surface area contributed by atoms with Gasteiger partial charge in [-0.25, -0.2) is 4.68 Å². The van der Waals surface area contributed by atoms with E-state index < -0.39 is 6.04 Å². The zero-order chi connectivity index (χ0) is 22.4. The van der Waals surface area contributed by atoms with Crippen molar-refractivity contribution in [2.45, 2.75) is 26.4 Å². The van der Waals surface area contributed by atoms with Crippen molar-refractivity contribution in [1.29, 1.82) is 0 Å². The van der Waals surface area contributed by atoms with Crippen LogP contribution in [0, 0.1) is 5.92 Å². The molecule has 3 aromatic rings. The van der Waals surface area contributed by atoms with E-state index in [2.05, 4.69) is 15.7 Å². The first-order valence-electron chi connectivity index (χ1n) is 9.89. The van der Waals surface area contributed by atoms with Crippen LogP contribution in [0.1, 0.15) is 29.8 Å². The minimum atomic E-state index is -0.666. The summed E-state index contributed by atoms with van der Waals surface area (Å²) in [6.07, 6.45) is 3.53. The van der Waals surface area contributed by atoms with E-state index in [0.717, 1.165) is 11.3 Å². The number of nitrogens with one attached hydrogen (secondary N) is 2. The lowest BCUT2D eigenvalue weighted by molar-refractivity contribution is -0.124. The molecule has 7 nitrogen and oxygen atoms in total. The number of rotatable bonds is 8. The van der Waals surface area contributed by atoms with Gasteiger partial charge < -0.3 is 15.4 Å². The zero-order valence-corrected chi connectivity index (χ0v) is 18.4. The molecule has 3 rings (SSSR count). The monoisotopic (exact) mass is 440 g/mol. The fourth-order valence-corrected chi connectivity index (χ4v) is 3.11. The Bertz CT molecular complexity index is 1030. The predicted molar refractivity (Wildman–Crippen MR) is 120 cm³/mol. The van der Waals surface area contributed by atoms with E-state index in [-0.39, 0.29) is 17.7 Å². The lowest BCUT2D eigenvalue weighted by Gasteiger charge is -2.21. The Morgan fingerprint density at radius 1 is 1.10 bits per heavy atom. The number of carbonyl (C=O) groups is 2. The van der Waals surface area contributed by atoms with E-state index in [0.29, 0.717) is 22.9 Å². The summed E-state index contributed by atoms with van der Waals surface area (Å²) in [5, 5.41) is 10.7.